The second-order valence-electron chi connectivity index (χ2n) is 11.6. The number of cyclic esters (lactones) is 2. The molecule has 0 N–H and O–H groups in total. The highest BCUT2D eigenvalue weighted by molar-refractivity contribution is 6.28. The van der Waals surface area contributed by atoms with E-state index in [0.29, 0.717) is 12.8 Å². The molecule has 6 rings (SSSR count). The van der Waals surface area contributed by atoms with Crippen LogP contribution in [0.1, 0.15) is 60.8 Å². The van der Waals surface area contributed by atoms with Gasteiger partial charge in [-0.1, -0.05) is 18.6 Å². The summed E-state index contributed by atoms with van der Waals surface area (Å²) in [5, 5.41) is 0. The zero-order valence-electron chi connectivity index (χ0n) is 19.3. The number of carbonyl (C=O) groups is 4. The van der Waals surface area contributed by atoms with E-state index < -0.39 is 44.8 Å². The lowest BCUT2D eigenvalue weighted by molar-refractivity contribution is -0.195. The van der Waals surface area contributed by atoms with Crippen molar-refractivity contribution in [3.05, 3.63) is 22.8 Å². The summed E-state index contributed by atoms with van der Waals surface area (Å²) in [7, 11) is 0. The van der Waals surface area contributed by atoms with Crippen molar-refractivity contribution in [3.63, 3.8) is 0 Å². The van der Waals surface area contributed by atoms with Gasteiger partial charge in [-0.3, -0.25) is 19.2 Å². The van der Waals surface area contributed by atoms with Crippen molar-refractivity contribution in [1.82, 2.24) is 0 Å². The average molecular weight is 440 g/mol. The predicted molar refractivity (Wildman–Crippen MR) is 110 cm³/mol. The molecule has 7 heteroatoms. The maximum Gasteiger partial charge on any atom is 0.323 e. The van der Waals surface area contributed by atoms with E-state index in [9.17, 15) is 19.2 Å². The van der Waals surface area contributed by atoms with Gasteiger partial charge in [-0.2, -0.15) is 0 Å². The van der Waals surface area contributed by atoms with E-state index in [1.807, 2.05) is 40.7 Å². The highest BCUT2D eigenvalue weighted by atomic mass is 16.6. The molecule has 5 fully saturated rings. The molecule has 7 nitrogen and oxygen atoms in total. The van der Waals surface area contributed by atoms with Crippen LogP contribution in [-0.2, 0) is 33.4 Å². The number of ketones is 2. The Balaban J connectivity index is 1.68. The normalized spacial score (nSPS) is 50.3. The Labute approximate surface area is 186 Å². The molecule has 1 saturated carbocycles. The third kappa shape index (κ3) is 1.61. The van der Waals surface area contributed by atoms with Gasteiger partial charge >= 0.3 is 11.9 Å². The fraction of sp³-hybridized carbons (Fsp3) is 0.680. The van der Waals surface area contributed by atoms with Gasteiger partial charge in [-0.05, 0) is 64.5 Å². The van der Waals surface area contributed by atoms with Gasteiger partial charge in [0.2, 0.25) is 0 Å². The minimum Gasteiger partial charge on any atom is -0.462 e. The fourth-order valence-corrected chi connectivity index (χ4v) is 8.48. The quantitative estimate of drug-likeness (QED) is 0.422. The first-order valence-electron chi connectivity index (χ1n) is 11.3. The first-order chi connectivity index (χ1) is 14.7. The van der Waals surface area contributed by atoms with E-state index in [1.54, 1.807) is 0 Å². The van der Waals surface area contributed by atoms with Crippen LogP contribution in [0.5, 0.6) is 0 Å². The van der Waals surface area contributed by atoms with Crippen LogP contribution >= 0.6 is 0 Å². The van der Waals surface area contributed by atoms with Gasteiger partial charge in [0.25, 0.3) is 0 Å². The molecule has 4 heterocycles. The second-order valence-corrected chi connectivity index (χ2v) is 11.6. The largest absolute Gasteiger partial charge is 0.462 e. The van der Waals surface area contributed by atoms with E-state index in [4.69, 9.17) is 14.2 Å². The number of esters is 2. The summed E-state index contributed by atoms with van der Waals surface area (Å²) in [5.41, 5.74) is -4.45. The summed E-state index contributed by atoms with van der Waals surface area (Å²) in [5.74, 6) is -1.87. The summed E-state index contributed by atoms with van der Waals surface area (Å²) in [6.07, 6.45) is 3.03. The molecular weight excluding hydrogens is 412 g/mol. The van der Waals surface area contributed by atoms with Crippen molar-refractivity contribution < 1.29 is 33.4 Å². The predicted octanol–water partition coefficient (Wildman–Crippen LogP) is 2.61. The smallest absolute Gasteiger partial charge is 0.323 e. The van der Waals surface area contributed by atoms with Crippen LogP contribution in [0.3, 0.4) is 0 Å². The third-order valence-corrected chi connectivity index (χ3v) is 9.93. The summed E-state index contributed by atoms with van der Waals surface area (Å²) < 4.78 is 17.6. The van der Waals surface area contributed by atoms with Crippen molar-refractivity contribution >= 4 is 23.5 Å². The lowest BCUT2D eigenvalue weighted by Gasteiger charge is -2.61. The Morgan fingerprint density at radius 1 is 1.00 bits per heavy atom. The first kappa shape index (κ1) is 20.3. The van der Waals surface area contributed by atoms with Crippen molar-refractivity contribution in [2.75, 3.05) is 6.61 Å². The average Bonchev–Trinajstić information content (AvgIpc) is 3.16. The van der Waals surface area contributed by atoms with Crippen LogP contribution in [0.25, 0.3) is 0 Å². The van der Waals surface area contributed by atoms with Gasteiger partial charge < -0.3 is 14.2 Å². The highest BCUT2D eigenvalue weighted by Crippen LogP contribution is 2.80. The number of allylic oxidation sites excluding steroid dienone is 2. The lowest BCUT2D eigenvalue weighted by Crippen LogP contribution is -2.75. The molecule has 0 aromatic rings. The van der Waals surface area contributed by atoms with E-state index in [1.165, 1.54) is 6.92 Å². The molecule has 0 aromatic carbocycles. The highest BCUT2D eigenvalue weighted by Gasteiger charge is 2.96. The van der Waals surface area contributed by atoms with E-state index in [2.05, 4.69) is 0 Å². The first-order valence-corrected chi connectivity index (χ1v) is 11.3. The van der Waals surface area contributed by atoms with Gasteiger partial charge in [0.15, 0.2) is 22.6 Å². The Morgan fingerprint density at radius 2 is 1.69 bits per heavy atom. The van der Waals surface area contributed by atoms with Crippen LogP contribution in [0.2, 0.25) is 0 Å². The van der Waals surface area contributed by atoms with Gasteiger partial charge in [0, 0.05) is 5.41 Å². The summed E-state index contributed by atoms with van der Waals surface area (Å²) in [6, 6.07) is 0. The molecule has 32 heavy (non-hydrogen) atoms. The molecule has 4 aliphatic heterocycles. The number of ether oxygens (including phenoxy) is 3. The van der Waals surface area contributed by atoms with Crippen LogP contribution in [0, 0.1) is 22.2 Å². The van der Waals surface area contributed by atoms with Crippen molar-refractivity contribution in [1.29, 1.82) is 0 Å². The number of hydrogen-bond acceptors (Lipinski definition) is 7. The summed E-state index contributed by atoms with van der Waals surface area (Å²) >= 11 is 0. The minimum atomic E-state index is -1.63. The van der Waals surface area contributed by atoms with E-state index >= 15 is 0 Å². The Morgan fingerprint density at radius 3 is 2.38 bits per heavy atom. The number of hydrogen-bond donors (Lipinski definition) is 0. The Kier molecular flexibility index (Phi) is 3.25. The fourth-order valence-electron chi connectivity index (χ4n) is 8.48. The van der Waals surface area contributed by atoms with E-state index in [-0.39, 0.29) is 30.7 Å². The molecule has 1 spiro atoms. The third-order valence-electron chi connectivity index (χ3n) is 9.93. The standard InChI is InChI=1S/C25H28O7/c1-12-13-9-16(26)31-20(2,3)14(13)7-8-21(4)15(12)10-22(5)17(27)23(6)18(28)25(21)19(29)30-11-24(22,25)32-23/h7,15H,8-11H2,1-6H3. The molecule has 6 unspecified atom stereocenters. The number of Topliss-reactive ketones (excluding diaryl/α,β-unsaturated/α-hetero) is 2. The van der Waals surface area contributed by atoms with Gasteiger partial charge in [0.1, 0.15) is 17.8 Å². The molecule has 4 saturated heterocycles. The van der Waals surface area contributed by atoms with Gasteiger partial charge in [-0.15, -0.1) is 0 Å². The van der Waals surface area contributed by atoms with Crippen LogP contribution in [0.4, 0.5) is 0 Å². The molecule has 6 aliphatic rings. The second kappa shape index (κ2) is 5.11. The van der Waals surface area contributed by atoms with E-state index in [0.717, 1.165) is 16.7 Å². The molecule has 2 aliphatic carbocycles. The topological polar surface area (TPSA) is 96.0 Å². The van der Waals surface area contributed by atoms with Crippen molar-refractivity contribution in [3.8, 4) is 0 Å². The molecular formula is C25H28O7. The van der Waals surface area contributed by atoms with Crippen molar-refractivity contribution in [2.45, 2.75) is 77.6 Å². The minimum absolute atomic E-state index is 0.0863. The molecule has 0 amide bonds. The van der Waals surface area contributed by atoms with Gasteiger partial charge in [-0.25, -0.2) is 0 Å². The maximum atomic E-state index is 14.1. The summed E-state index contributed by atoms with van der Waals surface area (Å²) in [4.78, 5) is 53.8. The molecule has 0 radical (unpaired) electrons. The number of carbonyl (C=O) groups excluding carboxylic acids is 4. The monoisotopic (exact) mass is 440 g/mol. The Hall–Kier alpha value is -2.28. The molecule has 0 aromatic heterocycles. The van der Waals surface area contributed by atoms with Crippen LogP contribution < -0.4 is 0 Å². The summed E-state index contributed by atoms with van der Waals surface area (Å²) in [6.45, 7) is 10.9. The SMILES string of the molecule is CC1=C2CC(=O)OC(C)(C)C2=CCC2(C)C1CC1(C)C(=O)C3(C)OC14COC(=O)C24C3=O. The maximum absolute atomic E-state index is 14.1. The number of fused-ring (bicyclic) bond motifs is 3. The van der Waals surface area contributed by atoms with Gasteiger partial charge in [0.05, 0.1) is 11.8 Å². The van der Waals surface area contributed by atoms with Crippen LogP contribution in [0.15, 0.2) is 22.8 Å². The lowest BCUT2D eigenvalue weighted by atomic mass is 9.35. The zero-order valence-corrected chi connectivity index (χ0v) is 19.3. The van der Waals surface area contributed by atoms with Crippen LogP contribution in [-0.4, -0.2) is 46.9 Å². The molecule has 170 valence electrons. The zero-order chi connectivity index (χ0) is 23.3. The Bertz CT molecular complexity index is 1140. The molecule has 6 atom stereocenters. The number of rotatable bonds is 0. The van der Waals surface area contributed by atoms with Crippen molar-refractivity contribution in [2.24, 2.45) is 22.2 Å². The molecule has 2 bridgehead atoms.